The minimum absolute atomic E-state index is 0.106. The molecule has 1 aliphatic carbocycles. The lowest BCUT2D eigenvalue weighted by atomic mass is 10.1. The van der Waals surface area contributed by atoms with Gasteiger partial charge in [0.1, 0.15) is 5.69 Å². The second kappa shape index (κ2) is 6.24. The first-order valence-corrected chi connectivity index (χ1v) is 7.62. The Morgan fingerprint density at radius 3 is 2.65 bits per heavy atom. The predicted molar refractivity (Wildman–Crippen MR) is 82.8 cm³/mol. The van der Waals surface area contributed by atoms with Crippen LogP contribution in [0.4, 0.5) is 0 Å². The largest absolute Gasteiger partial charge is 0.481 e. The first kappa shape index (κ1) is 15.3. The maximum Gasteiger partial charge on any atom is 0.308 e. The zero-order valence-corrected chi connectivity index (χ0v) is 12.8. The first-order valence-electron chi connectivity index (χ1n) is 7.62. The first-order chi connectivity index (χ1) is 11.1. The number of benzene rings is 1. The minimum Gasteiger partial charge on any atom is -0.481 e. The van der Waals surface area contributed by atoms with E-state index in [9.17, 15) is 9.59 Å². The van der Waals surface area contributed by atoms with Gasteiger partial charge in [0.05, 0.1) is 5.92 Å². The second-order valence-electron chi connectivity index (χ2n) is 5.87. The Hall–Kier alpha value is -2.63. The van der Waals surface area contributed by atoms with Gasteiger partial charge in [-0.1, -0.05) is 42.4 Å². The summed E-state index contributed by atoms with van der Waals surface area (Å²) in [4.78, 5) is 25.3. The van der Waals surface area contributed by atoms with E-state index in [1.165, 1.54) is 0 Å². The normalized spacial score (nSPS) is 15.2. The number of aliphatic carboxylic acids is 1. The maximum absolute atomic E-state index is 12.6. The van der Waals surface area contributed by atoms with Crippen LogP contribution in [0.25, 0.3) is 11.3 Å². The molecule has 3 rings (SSSR count). The van der Waals surface area contributed by atoms with Crippen LogP contribution in [0.1, 0.15) is 30.3 Å². The number of aromatic nitrogens is 1. The Kier molecular flexibility index (Phi) is 4.14. The molecule has 1 heterocycles. The molecule has 0 spiro atoms. The number of rotatable bonds is 6. The van der Waals surface area contributed by atoms with Crippen molar-refractivity contribution in [1.82, 2.24) is 10.1 Å². The zero-order chi connectivity index (χ0) is 16.4. The van der Waals surface area contributed by atoms with Crippen molar-refractivity contribution in [1.29, 1.82) is 0 Å². The Balaban J connectivity index is 1.78. The highest BCUT2D eigenvalue weighted by atomic mass is 16.5. The number of carboxylic acids is 1. The lowest BCUT2D eigenvalue weighted by molar-refractivity contribution is -0.141. The summed E-state index contributed by atoms with van der Waals surface area (Å²) in [6, 6.07) is 11.2. The summed E-state index contributed by atoms with van der Waals surface area (Å²) in [5, 5.41) is 13.0. The molecule has 0 saturated heterocycles. The van der Waals surface area contributed by atoms with E-state index < -0.39 is 11.9 Å². The third-order valence-electron chi connectivity index (χ3n) is 3.93. The smallest absolute Gasteiger partial charge is 0.308 e. The average molecular weight is 314 g/mol. The fraction of sp³-hybridized carbons (Fsp3) is 0.353. The fourth-order valence-electron chi connectivity index (χ4n) is 2.42. The van der Waals surface area contributed by atoms with Crippen molar-refractivity contribution in [2.24, 2.45) is 5.92 Å². The van der Waals surface area contributed by atoms with Gasteiger partial charge in [-0.2, -0.15) is 0 Å². The molecular weight excluding hydrogens is 296 g/mol. The zero-order valence-electron chi connectivity index (χ0n) is 12.8. The number of hydrogen-bond donors (Lipinski definition) is 1. The summed E-state index contributed by atoms with van der Waals surface area (Å²) in [7, 11) is 0. The molecular formula is C17H18N2O4. The fourth-order valence-corrected chi connectivity index (χ4v) is 2.42. The molecule has 6 heteroatoms. The molecule has 1 amide bonds. The minimum atomic E-state index is -0.911. The van der Waals surface area contributed by atoms with Crippen molar-refractivity contribution >= 4 is 11.9 Å². The summed E-state index contributed by atoms with van der Waals surface area (Å²) in [6.07, 6.45) is 1.80. The Morgan fingerprint density at radius 2 is 2.04 bits per heavy atom. The molecule has 2 aromatic rings. The molecule has 1 aliphatic rings. The van der Waals surface area contributed by atoms with Gasteiger partial charge in [0.2, 0.25) is 5.76 Å². The summed E-state index contributed by atoms with van der Waals surface area (Å²) >= 11 is 0. The third-order valence-corrected chi connectivity index (χ3v) is 3.93. The number of carbonyl (C=O) groups excluding carboxylic acids is 1. The van der Waals surface area contributed by atoms with E-state index in [1.807, 2.05) is 30.3 Å². The number of amides is 1. The molecule has 6 nitrogen and oxygen atoms in total. The quantitative estimate of drug-likeness (QED) is 0.886. The van der Waals surface area contributed by atoms with Crippen LogP contribution in [0.3, 0.4) is 0 Å². The van der Waals surface area contributed by atoms with Gasteiger partial charge in [0.15, 0.2) is 0 Å². The van der Waals surface area contributed by atoms with Gasteiger partial charge in [-0.3, -0.25) is 9.59 Å². The van der Waals surface area contributed by atoms with E-state index in [0.717, 1.165) is 18.4 Å². The summed E-state index contributed by atoms with van der Waals surface area (Å²) in [6.45, 7) is 1.78. The molecule has 0 radical (unpaired) electrons. The lowest BCUT2D eigenvalue weighted by Crippen LogP contribution is -2.38. The van der Waals surface area contributed by atoms with Gasteiger partial charge >= 0.3 is 5.97 Å². The summed E-state index contributed by atoms with van der Waals surface area (Å²) in [5.74, 6) is -1.68. The van der Waals surface area contributed by atoms with E-state index in [2.05, 4.69) is 5.16 Å². The van der Waals surface area contributed by atoms with Gasteiger partial charge in [-0.05, 0) is 12.8 Å². The van der Waals surface area contributed by atoms with Crippen molar-refractivity contribution in [3.8, 4) is 11.3 Å². The second-order valence-corrected chi connectivity index (χ2v) is 5.87. The molecule has 1 aromatic heterocycles. The summed E-state index contributed by atoms with van der Waals surface area (Å²) < 4.78 is 5.19. The van der Waals surface area contributed by atoms with Crippen LogP contribution in [-0.2, 0) is 4.79 Å². The third kappa shape index (κ3) is 3.41. The van der Waals surface area contributed by atoms with Crippen LogP contribution in [-0.4, -0.2) is 39.6 Å². The van der Waals surface area contributed by atoms with E-state index >= 15 is 0 Å². The van der Waals surface area contributed by atoms with Gasteiger partial charge in [-0.15, -0.1) is 0 Å². The Bertz CT molecular complexity index is 706. The molecule has 0 bridgehead atoms. The van der Waals surface area contributed by atoms with Crippen molar-refractivity contribution in [2.45, 2.75) is 25.8 Å². The standard InChI is InChI=1S/C17H18N2O4/c1-11(17(21)22)10-19(13-7-8-13)16(20)15-9-14(18-23-15)12-5-3-2-4-6-12/h2-6,9,11,13H,7-8,10H2,1H3,(H,21,22). The van der Waals surface area contributed by atoms with Gasteiger partial charge in [0, 0.05) is 24.2 Å². The van der Waals surface area contributed by atoms with Crippen molar-refractivity contribution in [3.63, 3.8) is 0 Å². The molecule has 1 unspecified atom stereocenters. The molecule has 1 N–H and O–H groups in total. The maximum atomic E-state index is 12.6. The van der Waals surface area contributed by atoms with Crippen LogP contribution in [0.5, 0.6) is 0 Å². The topological polar surface area (TPSA) is 83.6 Å². The number of nitrogens with zero attached hydrogens (tertiary/aromatic N) is 2. The lowest BCUT2D eigenvalue weighted by Gasteiger charge is -2.22. The SMILES string of the molecule is CC(CN(C(=O)c1cc(-c2ccccc2)no1)C1CC1)C(=O)O. The summed E-state index contributed by atoms with van der Waals surface area (Å²) in [5.41, 5.74) is 1.46. The van der Waals surface area contributed by atoms with Crippen LogP contribution < -0.4 is 0 Å². The van der Waals surface area contributed by atoms with E-state index in [4.69, 9.17) is 9.63 Å². The molecule has 120 valence electrons. The van der Waals surface area contributed by atoms with Gasteiger partial charge in [0.25, 0.3) is 5.91 Å². The van der Waals surface area contributed by atoms with Gasteiger partial charge < -0.3 is 14.5 Å². The molecule has 1 saturated carbocycles. The van der Waals surface area contributed by atoms with Crippen LogP contribution in [0.15, 0.2) is 40.9 Å². The number of carbonyl (C=O) groups is 2. The highest BCUT2D eigenvalue weighted by Gasteiger charge is 2.36. The van der Waals surface area contributed by atoms with E-state index in [-0.39, 0.29) is 24.3 Å². The average Bonchev–Trinajstić information content (AvgIpc) is 3.28. The molecule has 1 fully saturated rings. The predicted octanol–water partition coefficient (Wildman–Crippen LogP) is 2.67. The van der Waals surface area contributed by atoms with Crippen molar-refractivity contribution in [3.05, 3.63) is 42.2 Å². The highest BCUT2D eigenvalue weighted by Crippen LogP contribution is 2.30. The van der Waals surface area contributed by atoms with Crippen molar-refractivity contribution < 1.29 is 19.2 Å². The number of hydrogen-bond acceptors (Lipinski definition) is 4. The van der Waals surface area contributed by atoms with Gasteiger partial charge in [-0.25, -0.2) is 0 Å². The highest BCUT2D eigenvalue weighted by molar-refractivity contribution is 5.93. The Labute approximate surface area is 133 Å². The Morgan fingerprint density at radius 1 is 1.35 bits per heavy atom. The van der Waals surface area contributed by atoms with Crippen LogP contribution >= 0.6 is 0 Å². The van der Waals surface area contributed by atoms with E-state index in [1.54, 1.807) is 17.9 Å². The molecule has 1 aromatic carbocycles. The van der Waals surface area contributed by atoms with E-state index in [0.29, 0.717) is 5.69 Å². The molecule has 1 atom stereocenters. The number of carboxylic acid groups (broad SMARTS) is 1. The van der Waals surface area contributed by atoms with Crippen molar-refractivity contribution in [2.75, 3.05) is 6.54 Å². The monoisotopic (exact) mass is 314 g/mol. The molecule has 23 heavy (non-hydrogen) atoms. The molecule has 0 aliphatic heterocycles. The van der Waals surface area contributed by atoms with Crippen LogP contribution in [0.2, 0.25) is 0 Å². The van der Waals surface area contributed by atoms with Crippen LogP contribution in [0, 0.1) is 5.92 Å².